The molecule has 0 aliphatic carbocycles. The number of imidazole rings is 1. The van der Waals surface area contributed by atoms with E-state index in [4.69, 9.17) is 0 Å². The van der Waals surface area contributed by atoms with E-state index in [1.54, 1.807) is 6.20 Å². The molecule has 0 saturated carbocycles. The van der Waals surface area contributed by atoms with Crippen LogP contribution in [0, 0.1) is 12.8 Å². The number of rotatable bonds is 5. The molecule has 0 radical (unpaired) electrons. The minimum atomic E-state index is -0.136. The number of hydrogen-bond acceptors (Lipinski definition) is 4. The van der Waals surface area contributed by atoms with Crippen LogP contribution in [0.4, 0.5) is 5.82 Å². The van der Waals surface area contributed by atoms with Crippen LogP contribution >= 0.6 is 0 Å². The van der Waals surface area contributed by atoms with E-state index in [0.717, 1.165) is 38.3 Å². The summed E-state index contributed by atoms with van der Waals surface area (Å²) in [6.45, 7) is 6.94. The van der Waals surface area contributed by atoms with Crippen molar-refractivity contribution in [1.29, 1.82) is 0 Å². The minimum Gasteiger partial charge on any atom is -0.335 e. The molecule has 128 valence electrons. The minimum absolute atomic E-state index is 0.0117. The second-order valence-electron chi connectivity index (χ2n) is 6.49. The first-order valence-electron chi connectivity index (χ1n) is 8.57. The molecule has 0 aromatic carbocycles. The number of anilines is 1. The van der Waals surface area contributed by atoms with Crippen molar-refractivity contribution in [1.82, 2.24) is 19.4 Å². The Balaban J connectivity index is 1.48. The molecule has 2 aromatic rings. The molecule has 6 nitrogen and oxygen atoms in total. The lowest BCUT2D eigenvalue weighted by molar-refractivity contribution is -0.121. The van der Waals surface area contributed by atoms with Gasteiger partial charge >= 0.3 is 0 Å². The van der Waals surface area contributed by atoms with Crippen LogP contribution in [0.25, 0.3) is 0 Å². The van der Waals surface area contributed by atoms with Crippen molar-refractivity contribution < 1.29 is 4.79 Å². The Morgan fingerprint density at radius 2 is 2.08 bits per heavy atom. The summed E-state index contributed by atoms with van der Waals surface area (Å²) in [5.41, 5.74) is 0. The molecular formula is C18H25N5O. The van der Waals surface area contributed by atoms with E-state index < -0.39 is 0 Å². The third-order valence-electron chi connectivity index (χ3n) is 4.87. The van der Waals surface area contributed by atoms with Gasteiger partial charge in [0.2, 0.25) is 5.91 Å². The zero-order valence-electron chi connectivity index (χ0n) is 14.4. The Kier molecular flexibility index (Phi) is 5.25. The maximum atomic E-state index is 12.4. The molecule has 1 fully saturated rings. The summed E-state index contributed by atoms with van der Waals surface area (Å²) in [4.78, 5) is 23.1. The van der Waals surface area contributed by atoms with E-state index in [1.807, 2.05) is 44.4 Å². The van der Waals surface area contributed by atoms with E-state index in [2.05, 4.69) is 24.8 Å². The van der Waals surface area contributed by atoms with Gasteiger partial charge in [-0.05, 0) is 57.8 Å². The maximum Gasteiger partial charge on any atom is 0.242 e. The average molecular weight is 327 g/mol. The Hall–Kier alpha value is -2.21. The van der Waals surface area contributed by atoms with E-state index in [1.165, 1.54) is 0 Å². The first-order chi connectivity index (χ1) is 11.6. The van der Waals surface area contributed by atoms with Gasteiger partial charge in [0, 0.05) is 25.1 Å². The second-order valence-corrected chi connectivity index (χ2v) is 6.49. The highest BCUT2D eigenvalue weighted by atomic mass is 16.2. The smallest absolute Gasteiger partial charge is 0.242 e. The van der Waals surface area contributed by atoms with E-state index in [-0.39, 0.29) is 11.9 Å². The Morgan fingerprint density at radius 3 is 2.71 bits per heavy atom. The molecule has 0 unspecified atom stereocenters. The predicted octanol–water partition coefficient (Wildman–Crippen LogP) is 2.33. The topological polar surface area (TPSA) is 63.1 Å². The molecular weight excluding hydrogens is 302 g/mol. The number of likely N-dealkylation sites (tertiary alicyclic amines) is 1. The van der Waals surface area contributed by atoms with Gasteiger partial charge in [-0.25, -0.2) is 9.97 Å². The highest BCUT2D eigenvalue weighted by molar-refractivity contribution is 5.93. The summed E-state index contributed by atoms with van der Waals surface area (Å²) in [7, 11) is 0. The molecule has 6 heteroatoms. The van der Waals surface area contributed by atoms with Gasteiger partial charge in [0.25, 0.3) is 0 Å². The normalized spacial score (nSPS) is 17.6. The highest BCUT2D eigenvalue weighted by Crippen LogP contribution is 2.21. The summed E-state index contributed by atoms with van der Waals surface area (Å²) < 4.78 is 2.22. The molecule has 1 saturated heterocycles. The van der Waals surface area contributed by atoms with Crippen LogP contribution in [0.3, 0.4) is 0 Å². The number of hydrogen-bond donors (Lipinski definition) is 1. The number of aromatic nitrogens is 3. The number of pyridine rings is 1. The van der Waals surface area contributed by atoms with Crippen LogP contribution < -0.4 is 5.32 Å². The van der Waals surface area contributed by atoms with Crippen LogP contribution in [-0.2, 0) is 11.3 Å². The summed E-state index contributed by atoms with van der Waals surface area (Å²) in [5.74, 6) is 2.35. The fourth-order valence-corrected chi connectivity index (χ4v) is 3.23. The van der Waals surface area contributed by atoms with Crippen molar-refractivity contribution in [2.45, 2.75) is 39.3 Å². The van der Waals surface area contributed by atoms with Crippen molar-refractivity contribution in [3.63, 3.8) is 0 Å². The molecule has 3 rings (SSSR count). The lowest BCUT2D eigenvalue weighted by Crippen LogP contribution is -2.46. The number of carbonyl (C=O) groups excluding carboxylic acids is 1. The lowest BCUT2D eigenvalue weighted by Gasteiger charge is -2.35. The van der Waals surface area contributed by atoms with Crippen LogP contribution in [0.15, 0.2) is 36.8 Å². The van der Waals surface area contributed by atoms with Gasteiger partial charge in [0.1, 0.15) is 11.6 Å². The zero-order chi connectivity index (χ0) is 16.9. The van der Waals surface area contributed by atoms with Crippen molar-refractivity contribution in [3.8, 4) is 0 Å². The first kappa shape index (κ1) is 16.6. The number of amides is 1. The summed E-state index contributed by atoms with van der Waals surface area (Å²) in [5, 5.41) is 2.89. The first-order valence-corrected chi connectivity index (χ1v) is 8.57. The van der Waals surface area contributed by atoms with Crippen LogP contribution in [0.5, 0.6) is 0 Å². The van der Waals surface area contributed by atoms with E-state index in [9.17, 15) is 4.79 Å². The Labute approximate surface area is 142 Å². The SMILES string of the molecule is Cc1nccn1CC1CCN([C@@H](C)C(=O)Nc2ccccn2)CC1. The van der Waals surface area contributed by atoms with Crippen molar-refractivity contribution in [2.75, 3.05) is 18.4 Å². The van der Waals surface area contributed by atoms with E-state index in [0.29, 0.717) is 11.7 Å². The quantitative estimate of drug-likeness (QED) is 0.915. The molecule has 24 heavy (non-hydrogen) atoms. The Morgan fingerprint density at radius 1 is 1.29 bits per heavy atom. The van der Waals surface area contributed by atoms with Crippen molar-refractivity contribution >= 4 is 11.7 Å². The number of aryl methyl sites for hydroxylation is 1. The van der Waals surface area contributed by atoms with Gasteiger partial charge in [0.05, 0.1) is 6.04 Å². The number of piperidine rings is 1. The Bertz CT molecular complexity index is 661. The highest BCUT2D eigenvalue weighted by Gasteiger charge is 2.27. The zero-order valence-corrected chi connectivity index (χ0v) is 14.4. The standard InChI is InChI=1S/C18H25N5O/c1-14(18(24)21-17-5-3-4-8-20-17)22-10-6-16(7-11-22)13-23-12-9-19-15(23)2/h3-5,8-9,12,14,16H,6-7,10-11,13H2,1-2H3,(H,20,21,24)/t14-/m0/s1. The average Bonchev–Trinajstić information content (AvgIpc) is 3.00. The fourth-order valence-electron chi connectivity index (χ4n) is 3.23. The summed E-state index contributed by atoms with van der Waals surface area (Å²) >= 11 is 0. The number of nitrogens with zero attached hydrogens (tertiary/aromatic N) is 4. The molecule has 0 spiro atoms. The van der Waals surface area contributed by atoms with Gasteiger partial charge in [-0.1, -0.05) is 6.07 Å². The molecule has 1 aliphatic heterocycles. The van der Waals surface area contributed by atoms with Crippen LogP contribution in [-0.4, -0.2) is 44.5 Å². The molecule has 1 aliphatic rings. The van der Waals surface area contributed by atoms with Crippen LogP contribution in [0.2, 0.25) is 0 Å². The van der Waals surface area contributed by atoms with Gasteiger partial charge in [0.15, 0.2) is 0 Å². The fraction of sp³-hybridized carbons (Fsp3) is 0.500. The summed E-state index contributed by atoms with van der Waals surface area (Å²) in [6.07, 6.45) is 7.81. The molecule has 1 atom stereocenters. The van der Waals surface area contributed by atoms with Gasteiger partial charge in [-0.2, -0.15) is 0 Å². The van der Waals surface area contributed by atoms with Crippen molar-refractivity contribution in [3.05, 3.63) is 42.6 Å². The monoisotopic (exact) mass is 327 g/mol. The molecule has 3 heterocycles. The molecule has 2 aromatic heterocycles. The van der Waals surface area contributed by atoms with Gasteiger partial charge in [-0.3, -0.25) is 9.69 Å². The number of nitrogens with one attached hydrogen (secondary N) is 1. The second kappa shape index (κ2) is 7.57. The third kappa shape index (κ3) is 4.00. The van der Waals surface area contributed by atoms with Crippen molar-refractivity contribution in [2.24, 2.45) is 5.92 Å². The maximum absolute atomic E-state index is 12.4. The molecule has 1 N–H and O–H groups in total. The van der Waals surface area contributed by atoms with Gasteiger partial charge < -0.3 is 9.88 Å². The summed E-state index contributed by atoms with van der Waals surface area (Å²) in [6, 6.07) is 5.38. The predicted molar refractivity (Wildman–Crippen MR) is 93.6 cm³/mol. The lowest BCUT2D eigenvalue weighted by atomic mass is 9.95. The molecule has 1 amide bonds. The third-order valence-corrected chi connectivity index (χ3v) is 4.87. The van der Waals surface area contributed by atoms with Crippen LogP contribution in [0.1, 0.15) is 25.6 Å². The molecule has 0 bridgehead atoms. The number of carbonyl (C=O) groups is 1. The van der Waals surface area contributed by atoms with E-state index >= 15 is 0 Å². The van der Waals surface area contributed by atoms with Gasteiger partial charge in [-0.15, -0.1) is 0 Å². The largest absolute Gasteiger partial charge is 0.335 e.